The summed E-state index contributed by atoms with van der Waals surface area (Å²) in [7, 11) is 0. The number of ether oxygens (including phenoxy) is 2. The molecule has 36 heavy (non-hydrogen) atoms. The molecule has 0 unspecified atom stereocenters. The molecule has 0 heterocycles. The average molecular weight is 618 g/mol. The highest BCUT2D eigenvalue weighted by molar-refractivity contribution is 9.11. The van der Waals surface area contributed by atoms with Crippen LogP contribution < -0.4 is 25.5 Å². The highest BCUT2D eigenvalue weighted by Gasteiger charge is 2.15. The second kappa shape index (κ2) is 13.1. The first-order chi connectivity index (χ1) is 17.3. The van der Waals surface area contributed by atoms with Crippen LogP contribution in [0.5, 0.6) is 11.5 Å². The van der Waals surface area contributed by atoms with Gasteiger partial charge >= 0.3 is 6.03 Å². The SMILES string of the molecule is CCOc1cc(/C=N/NC(=O)Nc2ccccc2)cc(Br)c1OCC(=O)Nc1cc(C)c(C)cc1Br. The molecule has 0 spiro atoms. The molecule has 3 amide bonds. The zero-order valence-corrected chi connectivity index (χ0v) is 23.2. The molecule has 8 nitrogen and oxygen atoms in total. The number of halogens is 2. The third-order valence-corrected chi connectivity index (χ3v) is 6.19. The number of nitrogens with one attached hydrogen (secondary N) is 3. The van der Waals surface area contributed by atoms with Gasteiger partial charge in [-0.1, -0.05) is 18.2 Å². The van der Waals surface area contributed by atoms with Gasteiger partial charge in [-0.25, -0.2) is 10.2 Å². The number of amides is 3. The Kier molecular flexibility index (Phi) is 9.89. The first-order valence-electron chi connectivity index (χ1n) is 11.1. The summed E-state index contributed by atoms with van der Waals surface area (Å²) in [5, 5.41) is 9.51. The summed E-state index contributed by atoms with van der Waals surface area (Å²) in [6.45, 7) is 6.01. The Hall–Kier alpha value is -3.37. The zero-order valence-electron chi connectivity index (χ0n) is 20.0. The molecule has 3 rings (SSSR count). The van der Waals surface area contributed by atoms with Crippen molar-refractivity contribution in [2.75, 3.05) is 23.8 Å². The van der Waals surface area contributed by atoms with Gasteiger partial charge in [0.25, 0.3) is 5.91 Å². The summed E-state index contributed by atoms with van der Waals surface area (Å²) >= 11 is 6.95. The largest absolute Gasteiger partial charge is 0.490 e. The van der Waals surface area contributed by atoms with Crippen LogP contribution in [0.4, 0.5) is 16.2 Å². The van der Waals surface area contributed by atoms with Crippen LogP contribution in [0.3, 0.4) is 0 Å². The van der Waals surface area contributed by atoms with Gasteiger partial charge in [0.05, 0.1) is 23.0 Å². The molecular formula is C26H26Br2N4O4. The predicted molar refractivity (Wildman–Crippen MR) is 149 cm³/mol. The standard InChI is InChI=1S/C26H26Br2N4O4/c1-4-35-23-13-18(14-29-32-26(34)30-19-8-6-5-7-9-19)12-21(28)25(23)36-15-24(33)31-22-11-17(3)16(2)10-20(22)27/h5-14H,4,15H2,1-3H3,(H,31,33)(H2,30,32,34)/b29-14+. The van der Waals surface area contributed by atoms with Crippen LogP contribution in [-0.4, -0.2) is 31.4 Å². The van der Waals surface area contributed by atoms with E-state index < -0.39 is 6.03 Å². The fraction of sp³-hybridized carbons (Fsp3) is 0.192. The summed E-state index contributed by atoms with van der Waals surface area (Å²) in [4.78, 5) is 24.5. The molecule has 188 valence electrons. The third kappa shape index (κ3) is 7.82. The number of para-hydroxylation sites is 1. The van der Waals surface area contributed by atoms with Crippen LogP contribution in [0, 0.1) is 13.8 Å². The van der Waals surface area contributed by atoms with E-state index in [1.54, 1.807) is 24.3 Å². The Labute approximate surface area is 226 Å². The van der Waals surface area contributed by atoms with Crippen LogP contribution in [0.15, 0.2) is 68.6 Å². The molecule has 0 atom stereocenters. The van der Waals surface area contributed by atoms with Gasteiger partial charge < -0.3 is 20.1 Å². The maximum atomic E-state index is 12.5. The second-order valence-corrected chi connectivity index (χ2v) is 9.41. The fourth-order valence-electron chi connectivity index (χ4n) is 3.11. The van der Waals surface area contributed by atoms with Gasteiger partial charge in [-0.3, -0.25) is 4.79 Å². The minimum atomic E-state index is -0.470. The first-order valence-corrected chi connectivity index (χ1v) is 12.7. The Morgan fingerprint density at radius 3 is 2.39 bits per heavy atom. The van der Waals surface area contributed by atoms with Crippen molar-refractivity contribution in [2.45, 2.75) is 20.8 Å². The molecular weight excluding hydrogens is 592 g/mol. The number of hydrogen-bond donors (Lipinski definition) is 3. The van der Waals surface area contributed by atoms with E-state index in [-0.39, 0.29) is 12.5 Å². The van der Waals surface area contributed by atoms with Crippen molar-refractivity contribution in [3.05, 3.63) is 80.2 Å². The number of aryl methyl sites for hydroxylation is 2. The van der Waals surface area contributed by atoms with E-state index in [2.05, 4.69) is 53.0 Å². The smallest absolute Gasteiger partial charge is 0.339 e. The van der Waals surface area contributed by atoms with E-state index in [1.165, 1.54) is 6.21 Å². The van der Waals surface area contributed by atoms with E-state index in [1.807, 2.05) is 51.1 Å². The third-order valence-electron chi connectivity index (χ3n) is 4.95. The lowest BCUT2D eigenvalue weighted by molar-refractivity contribution is -0.118. The van der Waals surface area contributed by atoms with Crippen molar-refractivity contribution < 1.29 is 19.1 Å². The molecule has 0 aliphatic heterocycles. The number of urea groups is 1. The molecule has 3 N–H and O–H groups in total. The summed E-state index contributed by atoms with van der Waals surface area (Å²) in [5.74, 6) is 0.507. The number of anilines is 2. The number of hydrogen-bond acceptors (Lipinski definition) is 5. The van der Waals surface area contributed by atoms with Crippen LogP contribution in [0.2, 0.25) is 0 Å². The normalized spacial score (nSPS) is 10.7. The number of carbonyl (C=O) groups excluding carboxylic acids is 2. The molecule has 0 saturated heterocycles. The molecule has 3 aromatic carbocycles. The van der Waals surface area contributed by atoms with Crippen molar-refractivity contribution in [2.24, 2.45) is 5.10 Å². The highest BCUT2D eigenvalue weighted by Crippen LogP contribution is 2.36. The fourth-order valence-corrected chi connectivity index (χ4v) is 4.24. The Morgan fingerprint density at radius 1 is 0.944 bits per heavy atom. The minimum Gasteiger partial charge on any atom is -0.490 e. The lowest BCUT2D eigenvalue weighted by Crippen LogP contribution is -2.24. The summed E-state index contributed by atoms with van der Waals surface area (Å²) in [6.07, 6.45) is 1.48. The van der Waals surface area contributed by atoms with Gasteiger partial charge in [-0.2, -0.15) is 5.10 Å². The molecule has 0 aromatic heterocycles. The molecule has 0 aliphatic rings. The highest BCUT2D eigenvalue weighted by atomic mass is 79.9. The molecule has 0 saturated carbocycles. The van der Waals surface area contributed by atoms with E-state index in [9.17, 15) is 9.59 Å². The van der Waals surface area contributed by atoms with Crippen LogP contribution in [0.25, 0.3) is 0 Å². The van der Waals surface area contributed by atoms with Crippen molar-refractivity contribution in [3.63, 3.8) is 0 Å². The number of rotatable bonds is 9. The van der Waals surface area contributed by atoms with E-state index in [0.717, 1.165) is 15.6 Å². The minimum absolute atomic E-state index is 0.216. The van der Waals surface area contributed by atoms with Gasteiger partial charge in [0, 0.05) is 10.2 Å². The zero-order chi connectivity index (χ0) is 26.1. The lowest BCUT2D eigenvalue weighted by Gasteiger charge is -2.15. The lowest BCUT2D eigenvalue weighted by atomic mass is 10.1. The maximum absolute atomic E-state index is 12.5. The molecule has 10 heteroatoms. The molecule has 3 aromatic rings. The van der Waals surface area contributed by atoms with Gasteiger partial charge in [-0.05, 0) is 106 Å². The van der Waals surface area contributed by atoms with Gasteiger partial charge in [0.2, 0.25) is 0 Å². The van der Waals surface area contributed by atoms with Crippen molar-refractivity contribution in [1.29, 1.82) is 0 Å². The quantitative estimate of drug-likeness (QED) is 0.191. The molecule has 0 aliphatic carbocycles. The Bertz CT molecular complexity index is 1270. The van der Waals surface area contributed by atoms with Crippen molar-refractivity contribution in [3.8, 4) is 11.5 Å². The van der Waals surface area contributed by atoms with Crippen molar-refractivity contribution in [1.82, 2.24) is 5.43 Å². The Morgan fingerprint density at radius 2 is 1.67 bits per heavy atom. The van der Waals surface area contributed by atoms with Crippen LogP contribution >= 0.6 is 31.9 Å². The molecule has 0 radical (unpaired) electrons. The summed E-state index contributed by atoms with van der Waals surface area (Å²) < 4.78 is 12.9. The monoisotopic (exact) mass is 616 g/mol. The van der Waals surface area contributed by atoms with Crippen LogP contribution in [-0.2, 0) is 4.79 Å². The van der Waals surface area contributed by atoms with E-state index in [4.69, 9.17) is 9.47 Å². The number of nitrogens with zero attached hydrogens (tertiary/aromatic N) is 1. The van der Waals surface area contributed by atoms with Crippen LogP contribution in [0.1, 0.15) is 23.6 Å². The maximum Gasteiger partial charge on any atom is 0.339 e. The number of hydrazone groups is 1. The average Bonchev–Trinajstić information content (AvgIpc) is 2.83. The number of benzene rings is 3. The van der Waals surface area contributed by atoms with Gasteiger partial charge in [0.1, 0.15) is 0 Å². The summed E-state index contributed by atoms with van der Waals surface area (Å²) in [5.41, 5.74) is 6.59. The van der Waals surface area contributed by atoms with Crippen molar-refractivity contribution >= 4 is 61.4 Å². The first kappa shape index (κ1) is 27.2. The predicted octanol–water partition coefficient (Wildman–Crippen LogP) is 6.40. The second-order valence-electron chi connectivity index (χ2n) is 7.71. The molecule has 0 fully saturated rings. The summed E-state index contributed by atoms with van der Waals surface area (Å²) in [6, 6.07) is 15.9. The van der Waals surface area contributed by atoms with E-state index >= 15 is 0 Å². The molecule has 0 bridgehead atoms. The topological polar surface area (TPSA) is 101 Å². The number of carbonyl (C=O) groups is 2. The Balaban J connectivity index is 1.64. The van der Waals surface area contributed by atoms with Gasteiger partial charge in [0.15, 0.2) is 18.1 Å². The van der Waals surface area contributed by atoms with E-state index in [0.29, 0.717) is 39.5 Å². The van der Waals surface area contributed by atoms with Gasteiger partial charge in [-0.15, -0.1) is 0 Å².